The first-order chi connectivity index (χ1) is 13.7. The Bertz CT molecular complexity index is 1270. The molecule has 1 atom stereocenters. The van der Waals surface area contributed by atoms with Gasteiger partial charge in [0, 0.05) is 11.1 Å². The maximum atomic E-state index is 13.1. The first-order valence-electron chi connectivity index (χ1n) is 8.72. The highest BCUT2D eigenvalue weighted by atomic mass is 127. The van der Waals surface area contributed by atoms with Gasteiger partial charge >= 0.3 is 0 Å². The zero-order chi connectivity index (χ0) is 20.9. The number of carbonyl (C=O) groups is 1. The number of anilines is 1. The normalized spacial score (nSPS) is 17.1. The van der Waals surface area contributed by atoms with Gasteiger partial charge in [-0.1, -0.05) is 18.2 Å². The quantitative estimate of drug-likeness (QED) is 0.509. The summed E-state index contributed by atoms with van der Waals surface area (Å²) in [6, 6.07) is 11.1. The largest absolute Gasteiger partial charge is 0.368 e. The number of aromatic nitrogens is 2. The van der Waals surface area contributed by atoms with E-state index in [1.807, 2.05) is 36.4 Å². The van der Waals surface area contributed by atoms with Crippen molar-refractivity contribution in [3.63, 3.8) is 0 Å². The summed E-state index contributed by atoms with van der Waals surface area (Å²) in [7, 11) is -3.79. The molecule has 1 unspecified atom stereocenters. The molecule has 1 amide bonds. The highest BCUT2D eigenvalue weighted by molar-refractivity contribution is 14.1. The lowest BCUT2D eigenvalue weighted by molar-refractivity contribution is -0.118. The van der Waals surface area contributed by atoms with E-state index in [9.17, 15) is 13.2 Å². The van der Waals surface area contributed by atoms with Gasteiger partial charge in [0.25, 0.3) is 10.0 Å². The minimum Gasteiger partial charge on any atom is -0.368 e. The van der Waals surface area contributed by atoms with Crippen molar-refractivity contribution in [2.24, 2.45) is 5.73 Å². The second-order valence-electron chi connectivity index (χ2n) is 6.75. The van der Waals surface area contributed by atoms with Crippen molar-refractivity contribution in [3.8, 4) is 0 Å². The molecule has 1 aliphatic rings. The second kappa shape index (κ2) is 7.02. The van der Waals surface area contributed by atoms with E-state index < -0.39 is 22.0 Å². The summed E-state index contributed by atoms with van der Waals surface area (Å²) >= 11 is 1.98. The summed E-state index contributed by atoms with van der Waals surface area (Å²) in [4.78, 5) is 16.5. The third kappa shape index (κ3) is 3.15. The number of amides is 1. The Kier molecular flexibility index (Phi) is 4.77. The van der Waals surface area contributed by atoms with Gasteiger partial charge in [-0.3, -0.25) is 9.80 Å². The van der Waals surface area contributed by atoms with E-state index in [-0.39, 0.29) is 4.90 Å². The second-order valence-corrected chi connectivity index (χ2v) is 9.64. The van der Waals surface area contributed by atoms with Crippen LogP contribution in [0.1, 0.15) is 13.8 Å². The number of rotatable bonds is 4. The predicted molar refractivity (Wildman–Crippen MR) is 118 cm³/mol. The molecule has 3 heterocycles. The number of nitrogens with one attached hydrogen (secondary N) is 1. The zero-order valence-electron chi connectivity index (χ0n) is 15.6. The van der Waals surface area contributed by atoms with Crippen molar-refractivity contribution >= 4 is 55.2 Å². The summed E-state index contributed by atoms with van der Waals surface area (Å²) in [5.41, 5.74) is 11.3. The van der Waals surface area contributed by atoms with E-state index >= 15 is 0 Å². The molecule has 150 valence electrons. The zero-order valence-corrected chi connectivity index (χ0v) is 18.6. The highest BCUT2D eigenvalue weighted by Crippen LogP contribution is 2.31. The van der Waals surface area contributed by atoms with E-state index in [0.717, 1.165) is 11.3 Å². The minimum atomic E-state index is -3.79. The Morgan fingerprint density at radius 3 is 2.55 bits per heavy atom. The van der Waals surface area contributed by atoms with Crippen LogP contribution in [0.4, 0.5) is 5.69 Å². The van der Waals surface area contributed by atoms with Crippen molar-refractivity contribution in [3.05, 3.63) is 63.6 Å². The smallest absolute Gasteiger partial charge is 0.270 e. The van der Waals surface area contributed by atoms with E-state index in [1.165, 1.54) is 10.2 Å². The molecule has 8 nitrogen and oxygen atoms in total. The van der Waals surface area contributed by atoms with Gasteiger partial charge in [0.15, 0.2) is 11.7 Å². The van der Waals surface area contributed by atoms with Crippen LogP contribution in [0.2, 0.25) is 0 Å². The summed E-state index contributed by atoms with van der Waals surface area (Å²) in [6.07, 6.45) is 1.53. The lowest BCUT2D eigenvalue weighted by atomic mass is 10.1. The molecule has 0 aliphatic carbocycles. The van der Waals surface area contributed by atoms with Gasteiger partial charge in [0.05, 0.1) is 20.5 Å². The maximum Gasteiger partial charge on any atom is 0.270 e. The molecule has 0 saturated carbocycles. The molecule has 2 aromatic heterocycles. The van der Waals surface area contributed by atoms with E-state index in [1.54, 1.807) is 47.5 Å². The molecule has 10 heteroatoms. The molecule has 0 fully saturated rings. The van der Waals surface area contributed by atoms with Crippen LogP contribution in [-0.2, 0) is 14.8 Å². The SMILES string of the molecule is CC1=C(C)C(C(N)=O)N(c2cnc3c(c2)cc(I)n3S(=O)(=O)c2ccccc2)N1. The molecule has 0 bridgehead atoms. The van der Waals surface area contributed by atoms with Crippen LogP contribution in [0.25, 0.3) is 11.0 Å². The van der Waals surface area contributed by atoms with Gasteiger partial charge in [-0.2, -0.15) is 0 Å². The number of primary amides is 1. The van der Waals surface area contributed by atoms with Crippen LogP contribution < -0.4 is 16.2 Å². The van der Waals surface area contributed by atoms with Crippen LogP contribution >= 0.6 is 22.6 Å². The fourth-order valence-electron chi connectivity index (χ4n) is 3.37. The number of hydrogen-bond acceptors (Lipinski definition) is 6. The molecule has 0 spiro atoms. The van der Waals surface area contributed by atoms with Crippen LogP contribution in [-0.4, -0.2) is 29.3 Å². The molecule has 0 radical (unpaired) electrons. The number of halogens is 1. The van der Waals surface area contributed by atoms with Gasteiger partial charge in [-0.25, -0.2) is 17.4 Å². The first kappa shape index (κ1) is 19.7. The van der Waals surface area contributed by atoms with Gasteiger partial charge in [0.2, 0.25) is 5.91 Å². The standard InChI is InChI=1S/C19H18IN5O3S/c1-11-12(2)23-24(17(11)18(21)26)14-8-13-9-16(20)25(19(13)22-10-14)29(27,28)15-6-4-3-5-7-15/h3-10,17,23H,1-2H3,(H2,21,26). The topological polar surface area (TPSA) is 110 Å². The summed E-state index contributed by atoms with van der Waals surface area (Å²) in [6.45, 7) is 3.71. The lowest BCUT2D eigenvalue weighted by Gasteiger charge is -2.25. The fraction of sp³-hybridized carbons (Fsp3) is 0.158. The number of allylic oxidation sites excluding steroid dienone is 1. The number of hydrazine groups is 1. The minimum absolute atomic E-state index is 0.187. The molecule has 29 heavy (non-hydrogen) atoms. The number of nitrogens with two attached hydrogens (primary N) is 1. The Balaban J connectivity index is 1.82. The summed E-state index contributed by atoms with van der Waals surface area (Å²) in [5.74, 6) is -0.481. The van der Waals surface area contributed by atoms with Crippen molar-refractivity contribution in [2.75, 3.05) is 5.01 Å². The van der Waals surface area contributed by atoms with Crippen LogP contribution in [0.15, 0.2) is 64.8 Å². The van der Waals surface area contributed by atoms with Gasteiger partial charge < -0.3 is 11.2 Å². The fourth-order valence-corrected chi connectivity index (χ4v) is 6.09. The average molecular weight is 523 g/mol. The summed E-state index contributed by atoms with van der Waals surface area (Å²) in [5, 5.41) is 2.29. The number of carbonyl (C=O) groups excluding carboxylic acids is 1. The monoisotopic (exact) mass is 523 g/mol. The van der Waals surface area contributed by atoms with E-state index in [4.69, 9.17) is 5.73 Å². The maximum absolute atomic E-state index is 13.1. The predicted octanol–water partition coefficient (Wildman–Crippen LogP) is 2.35. The highest BCUT2D eigenvalue weighted by Gasteiger charge is 2.33. The summed E-state index contributed by atoms with van der Waals surface area (Å²) < 4.78 is 28.0. The van der Waals surface area contributed by atoms with Crippen LogP contribution in [0.5, 0.6) is 0 Å². The average Bonchev–Trinajstić information content (AvgIpc) is 3.18. The molecule has 3 N–H and O–H groups in total. The molecule has 0 saturated heterocycles. The number of benzene rings is 1. The van der Waals surface area contributed by atoms with Gasteiger partial charge in [-0.15, -0.1) is 0 Å². The van der Waals surface area contributed by atoms with Crippen LogP contribution in [0.3, 0.4) is 0 Å². The third-order valence-electron chi connectivity index (χ3n) is 4.92. The van der Waals surface area contributed by atoms with Gasteiger partial charge in [0.1, 0.15) is 0 Å². The van der Waals surface area contributed by atoms with Crippen molar-refractivity contribution in [1.82, 2.24) is 14.4 Å². The van der Waals surface area contributed by atoms with Crippen molar-refractivity contribution in [2.45, 2.75) is 24.8 Å². The molecule has 1 aromatic carbocycles. The van der Waals surface area contributed by atoms with Crippen molar-refractivity contribution in [1.29, 1.82) is 0 Å². The van der Waals surface area contributed by atoms with Crippen molar-refractivity contribution < 1.29 is 13.2 Å². The molecule has 4 rings (SSSR count). The van der Waals surface area contributed by atoms with E-state index in [0.29, 0.717) is 20.4 Å². The molecular formula is C19H18IN5O3S. The first-order valence-corrected chi connectivity index (χ1v) is 11.2. The molecular weight excluding hydrogens is 505 g/mol. The van der Waals surface area contributed by atoms with Gasteiger partial charge in [-0.05, 0) is 66.3 Å². The number of fused-ring (bicyclic) bond motifs is 1. The lowest BCUT2D eigenvalue weighted by Crippen LogP contribution is -2.46. The Morgan fingerprint density at radius 2 is 1.90 bits per heavy atom. The molecule has 3 aromatic rings. The Hall–Kier alpha value is -2.60. The van der Waals surface area contributed by atoms with Crippen LogP contribution in [0, 0.1) is 3.70 Å². The number of pyridine rings is 1. The number of hydrogen-bond donors (Lipinski definition) is 2. The van der Waals surface area contributed by atoms with E-state index in [2.05, 4.69) is 10.4 Å². The Morgan fingerprint density at radius 1 is 1.21 bits per heavy atom. The molecule has 1 aliphatic heterocycles. The Labute approximate surface area is 181 Å². The third-order valence-corrected chi connectivity index (χ3v) is 7.76. The number of nitrogens with zero attached hydrogens (tertiary/aromatic N) is 3.